The summed E-state index contributed by atoms with van der Waals surface area (Å²) in [6.07, 6.45) is 4.08. The SMILES string of the molecule is CC1CCN(C(=O)/C=C/c2ccc(Br)o2)C1CO. The number of aliphatic hydroxyl groups excluding tert-OH is 1. The van der Waals surface area contributed by atoms with Gasteiger partial charge in [0.15, 0.2) is 4.67 Å². The summed E-state index contributed by atoms with van der Waals surface area (Å²) in [7, 11) is 0. The van der Waals surface area contributed by atoms with Crippen LogP contribution in [0.4, 0.5) is 0 Å². The number of hydrogen-bond donors (Lipinski definition) is 1. The average Bonchev–Trinajstić information content (AvgIpc) is 2.92. The van der Waals surface area contributed by atoms with Crippen LogP contribution in [0.2, 0.25) is 0 Å². The third kappa shape index (κ3) is 2.84. The highest BCUT2D eigenvalue weighted by molar-refractivity contribution is 9.10. The fourth-order valence-corrected chi connectivity index (χ4v) is 2.55. The maximum absolute atomic E-state index is 12.0. The number of amides is 1. The number of nitrogens with zero attached hydrogens (tertiary/aromatic N) is 1. The van der Waals surface area contributed by atoms with Gasteiger partial charge in [0.25, 0.3) is 0 Å². The quantitative estimate of drug-likeness (QED) is 0.871. The molecule has 1 aromatic rings. The Kier molecular flexibility index (Phi) is 4.24. The van der Waals surface area contributed by atoms with Crippen molar-refractivity contribution in [3.8, 4) is 0 Å². The van der Waals surface area contributed by atoms with Crippen LogP contribution in [-0.2, 0) is 4.79 Å². The molecule has 0 radical (unpaired) electrons. The minimum atomic E-state index is -0.0778. The second-order valence-electron chi connectivity index (χ2n) is 4.52. The molecule has 1 aromatic heterocycles. The smallest absolute Gasteiger partial charge is 0.247 e. The molecule has 4 nitrogen and oxygen atoms in total. The van der Waals surface area contributed by atoms with Crippen LogP contribution < -0.4 is 0 Å². The molecule has 18 heavy (non-hydrogen) atoms. The Morgan fingerprint density at radius 2 is 2.44 bits per heavy atom. The molecule has 1 saturated heterocycles. The molecule has 0 saturated carbocycles. The Morgan fingerprint density at radius 1 is 1.67 bits per heavy atom. The molecule has 1 fully saturated rings. The van der Waals surface area contributed by atoms with Gasteiger partial charge in [0.05, 0.1) is 12.6 Å². The Balaban J connectivity index is 2.01. The van der Waals surface area contributed by atoms with E-state index in [2.05, 4.69) is 22.9 Å². The highest BCUT2D eigenvalue weighted by Gasteiger charge is 2.32. The largest absolute Gasteiger partial charge is 0.450 e. The average molecular weight is 314 g/mol. The van der Waals surface area contributed by atoms with E-state index in [9.17, 15) is 9.90 Å². The first kappa shape index (κ1) is 13.4. The summed E-state index contributed by atoms with van der Waals surface area (Å²) in [6.45, 7) is 2.78. The zero-order valence-corrected chi connectivity index (χ0v) is 11.8. The molecular weight excluding hydrogens is 298 g/mol. The molecule has 2 atom stereocenters. The maximum Gasteiger partial charge on any atom is 0.247 e. The number of aliphatic hydroxyl groups is 1. The standard InChI is InChI=1S/C13H16BrNO3/c1-9-6-7-15(11(9)8-16)13(17)5-3-10-2-4-12(14)18-10/h2-5,9,11,16H,6-8H2,1H3/b5-3+. The Bertz CT molecular complexity index is 455. The molecule has 0 bridgehead atoms. The predicted molar refractivity (Wildman–Crippen MR) is 71.8 cm³/mol. The Hall–Kier alpha value is -1.07. The van der Waals surface area contributed by atoms with Crippen LogP contribution in [0.25, 0.3) is 6.08 Å². The molecule has 0 aliphatic carbocycles. The molecule has 0 spiro atoms. The van der Waals surface area contributed by atoms with E-state index in [1.807, 2.05) is 0 Å². The second kappa shape index (κ2) is 5.71. The van der Waals surface area contributed by atoms with Crippen molar-refractivity contribution in [1.82, 2.24) is 4.90 Å². The van der Waals surface area contributed by atoms with Crippen LogP contribution in [0, 0.1) is 5.92 Å². The molecule has 1 aliphatic rings. The van der Waals surface area contributed by atoms with E-state index in [1.54, 1.807) is 23.1 Å². The first-order valence-electron chi connectivity index (χ1n) is 5.96. The highest BCUT2D eigenvalue weighted by atomic mass is 79.9. The van der Waals surface area contributed by atoms with Crippen molar-refractivity contribution in [2.24, 2.45) is 5.92 Å². The van der Waals surface area contributed by atoms with Crippen molar-refractivity contribution in [2.45, 2.75) is 19.4 Å². The first-order valence-corrected chi connectivity index (χ1v) is 6.76. The van der Waals surface area contributed by atoms with Crippen molar-refractivity contribution < 1.29 is 14.3 Å². The highest BCUT2D eigenvalue weighted by Crippen LogP contribution is 2.24. The van der Waals surface area contributed by atoms with E-state index in [0.29, 0.717) is 22.9 Å². The van der Waals surface area contributed by atoms with Crippen molar-refractivity contribution in [3.63, 3.8) is 0 Å². The Labute approximate surface area is 114 Å². The third-order valence-corrected chi connectivity index (χ3v) is 3.76. The van der Waals surface area contributed by atoms with Crippen LogP contribution in [0.3, 0.4) is 0 Å². The van der Waals surface area contributed by atoms with Crippen LogP contribution in [0.15, 0.2) is 27.3 Å². The minimum absolute atomic E-state index is 0.0209. The van der Waals surface area contributed by atoms with Crippen LogP contribution in [0.1, 0.15) is 19.1 Å². The lowest BCUT2D eigenvalue weighted by Gasteiger charge is -2.23. The summed E-state index contributed by atoms with van der Waals surface area (Å²) in [5, 5.41) is 9.30. The summed E-state index contributed by atoms with van der Waals surface area (Å²) >= 11 is 3.21. The van der Waals surface area contributed by atoms with Gasteiger partial charge in [0.1, 0.15) is 5.76 Å². The summed E-state index contributed by atoms with van der Waals surface area (Å²) in [5.74, 6) is 0.902. The van der Waals surface area contributed by atoms with Crippen LogP contribution >= 0.6 is 15.9 Å². The van der Waals surface area contributed by atoms with E-state index >= 15 is 0 Å². The van der Waals surface area contributed by atoms with Gasteiger partial charge in [-0.25, -0.2) is 0 Å². The normalized spacial score (nSPS) is 24.1. The number of likely N-dealkylation sites (tertiary alicyclic amines) is 1. The minimum Gasteiger partial charge on any atom is -0.450 e. The van der Waals surface area contributed by atoms with Gasteiger partial charge in [-0.05, 0) is 46.5 Å². The number of rotatable bonds is 3. The van der Waals surface area contributed by atoms with Crippen molar-refractivity contribution in [3.05, 3.63) is 28.6 Å². The summed E-state index contributed by atoms with van der Waals surface area (Å²) in [5.41, 5.74) is 0. The van der Waals surface area contributed by atoms with Gasteiger partial charge >= 0.3 is 0 Å². The molecule has 2 unspecified atom stereocenters. The predicted octanol–water partition coefficient (Wildman–Crippen LogP) is 2.28. The van der Waals surface area contributed by atoms with Gasteiger partial charge in [-0.2, -0.15) is 0 Å². The molecule has 98 valence electrons. The van der Waals surface area contributed by atoms with Crippen molar-refractivity contribution in [1.29, 1.82) is 0 Å². The lowest BCUT2D eigenvalue weighted by molar-refractivity contribution is -0.127. The maximum atomic E-state index is 12.0. The molecule has 2 rings (SSSR count). The van der Waals surface area contributed by atoms with Crippen molar-refractivity contribution in [2.75, 3.05) is 13.2 Å². The summed E-state index contributed by atoms with van der Waals surface area (Å²) in [4.78, 5) is 13.7. The number of halogens is 1. The first-order chi connectivity index (χ1) is 8.61. The molecule has 1 aliphatic heterocycles. The van der Waals surface area contributed by atoms with E-state index in [4.69, 9.17) is 4.42 Å². The van der Waals surface area contributed by atoms with Crippen LogP contribution in [0.5, 0.6) is 0 Å². The summed E-state index contributed by atoms with van der Waals surface area (Å²) in [6, 6.07) is 3.49. The van der Waals surface area contributed by atoms with Crippen molar-refractivity contribution >= 4 is 27.9 Å². The molecule has 1 amide bonds. The van der Waals surface area contributed by atoms with E-state index < -0.39 is 0 Å². The van der Waals surface area contributed by atoms with E-state index in [0.717, 1.165) is 6.42 Å². The topological polar surface area (TPSA) is 53.7 Å². The zero-order chi connectivity index (χ0) is 13.1. The number of furan rings is 1. The molecule has 1 N–H and O–H groups in total. The molecular formula is C13H16BrNO3. The third-order valence-electron chi connectivity index (χ3n) is 3.34. The summed E-state index contributed by atoms with van der Waals surface area (Å²) < 4.78 is 5.92. The molecule has 2 heterocycles. The second-order valence-corrected chi connectivity index (χ2v) is 5.30. The van der Waals surface area contributed by atoms with Gasteiger partial charge < -0.3 is 14.4 Å². The Morgan fingerprint density at radius 3 is 3.06 bits per heavy atom. The lowest BCUT2D eigenvalue weighted by atomic mass is 10.0. The number of carbonyl (C=O) groups excluding carboxylic acids is 1. The molecule has 0 aromatic carbocycles. The fraction of sp³-hybridized carbons (Fsp3) is 0.462. The van der Waals surface area contributed by atoms with Gasteiger partial charge in [-0.1, -0.05) is 6.92 Å². The van der Waals surface area contributed by atoms with Crippen LogP contribution in [-0.4, -0.2) is 35.1 Å². The zero-order valence-electron chi connectivity index (χ0n) is 10.2. The van der Waals surface area contributed by atoms with E-state index in [1.165, 1.54) is 6.08 Å². The number of carbonyl (C=O) groups is 1. The van der Waals surface area contributed by atoms with Gasteiger partial charge in [-0.15, -0.1) is 0 Å². The lowest BCUT2D eigenvalue weighted by Crippen LogP contribution is -2.38. The van der Waals surface area contributed by atoms with Gasteiger partial charge in [-0.3, -0.25) is 4.79 Å². The van der Waals surface area contributed by atoms with Gasteiger partial charge in [0.2, 0.25) is 5.91 Å². The van der Waals surface area contributed by atoms with E-state index in [-0.39, 0.29) is 18.6 Å². The number of hydrogen-bond acceptors (Lipinski definition) is 3. The fourth-order valence-electron chi connectivity index (χ4n) is 2.23. The van der Waals surface area contributed by atoms with Gasteiger partial charge in [0, 0.05) is 12.6 Å². The molecule has 5 heteroatoms. The monoisotopic (exact) mass is 313 g/mol.